The molecule has 2 aromatic rings. The molecule has 0 radical (unpaired) electrons. The zero-order valence-corrected chi connectivity index (χ0v) is 8.27. The molecule has 0 fully saturated rings. The van der Waals surface area contributed by atoms with E-state index in [2.05, 4.69) is 30.5 Å². The van der Waals surface area contributed by atoms with Crippen LogP contribution in [0.5, 0.6) is 0 Å². The van der Waals surface area contributed by atoms with E-state index in [1.54, 1.807) is 11.3 Å². The predicted octanol–water partition coefficient (Wildman–Crippen LogP) is 3.31. The summed E-state index contributed by atoms with van der Waals surface area (Å²) < 4.78 is 0. The summed E-state index contributed by atoms with van der Waals surface area (Å²) in [4.78, 5) is 1.27. The minimum Gasteiger partial charge on any atom is -0.399 e. The molecule has 1 nitrogen and oxygen atoms in total. The maximum Gasteiger partial charge on any atom is 0.0343 e. The Hall–Kier alpha value is -1.28. The van der Waals surface area contributed by atoms with Crippen LogP contribution in [0.15, 0.2) is 35.7 Å². The van der Waals surface area contributed by atoms with Gasteiger partial charge in [-0.2, -0.15) is 0 Å². The number of benzene rings is 1. The smallest absolute Gasteiger partial charge is 0.0343 e. The van der Waals surface area contributed by atoms with Crippen molar-refractivity contribution in [3.8, 4) is 10.4 Å². The second-order valence-electron chi connectivity index (χ2n) is 3.11. The quantitative estimate of drug-likeness (QED) is 0.684. The zero-order chi connectivity index (χ0) is 9.26. The fraction of sp³-hybridized carbons (Fsp3) is 0.0909. The van der Waals surface area contributed by atoms with Gasteiger partial charge in [-0.25, -0.2) is 0 Å². The van der Waals surface area contributed by atoms with Gasteiger partial charge in [0, 0.05) is 10.6 Å². The molecule has 0 bridgehead atoms. The molecule has 13 heavy (non-hydrogen) atoms. The molecule has 0 aliphatic carbocycles. The Bertz CT molecular complexity index is 384. The molecule has 66 valence electrons. The number of hydrogen-bond donors (Lipinski definition) is 1. The van der Waals surface area contributed by atoms with Gasteiger partial charge < -0.3 is 5.73 Å². The Morgan fingerprint density at radius 1 is 1.23 bits per heavy atom. The van der Waals surface area contributed by atoms with Crippen molar-refractivity contribution in [1.29, 1.82) is 0 Å². The summed E-state index contributed by atoms with van der Waals surface area (Å²) in [7, 11) is 0. The number of hydrogen-bond acceptors (Lipinski definition) is 2. The first-order chi connectivity index (χ1) is 6.25. The highest BCUT2D eigenvalue weighted by Gasteiger charge is 1.99. The second kappa shape index (κ2) is 3.23. The van der Waals surface area contributed by atoms with Crippen molar-refractivity contribution >= 4 is 17.0 Å². The van der Waals surface area contributed by atoms with Gasteiger partial charge in [-0.15, -0.1) is 11.3 Å². The fourth-order valence-electron chi connectivity index (χ4n) is 1.40. The van der Waals surface area contributed by atoms with E-state index in [4.69, 9.17) is 5.73 Å². The molecule has 0 aliphatic rings. The average Bonchev–Trinajstić information content (AvgIpc) is 2.53. The van der Waals surface area contributed by atoms with Crippen LogP contribution in [-0.4, -0.2) is 0 Å². The SMILES string of the molecule is Cc1cc(N)cc(-c2cccs2)c1. The van der Waals surface area contributed by atoms with Gasteiger partial charge in [0.05, 0.1) is 0 Å². The summed E-state index contributed by atoms with van der Waals surface area (Å²) in [5, 5.41) is 2.08. The van der Waals surface area contributed by atoms with E-state index in [1.807, 2.05) is 12.1 Å². The Kier molecular flexibility index (Phi) is 2.07. The molecule has 1 aromatic heterocycles. The molecule has 1 aromatic carbocycles. The van der Waals surface area contributed by atoms with Crippen molar-refractivity contribution in [2.24, 2.45) is 0 Å². The van der Waals surface area contributed by atoms with Crippen LogP contribution in [-0.2, 0) is 0 Å². The maximum absolute atomic E-state index is 5.77. The van der Waals surface area contributed by atoms with E-state index >= 15 is 0 Å². The first-order valence-corrected chi connectivity index (χ1v) is 5.05. The van der Waals surface area contributed by atoms with Crippen molar-refractivity contribution < 1.29 is 0 Å². The van der Waals surface area contributed by atoms with Crippen LogP contribution in [0.4, 0.5) is 5.69 Å². The average molecular weight is 189 g/mol. The summed E-state index contributed by atoms with van der Waals surface area (Å²) in [6.45, 7) is 2.06. The summed E-state index contributed by atoms with van der Waals surface area (Å²) >= 11 is 1.74. The van der Waals surface area contributed by atoms with Crippen LogP contribution >= 0.6 is 11.3 Å². The molecule has 0 saturated heterocycles. The van der Waals surface area contributed by atoms with E-state index in [0.29, 0.717) is 0 Å². The third kappa shape index (κ3) is 1.73. The molecule has 0 amide bonds. The monoisotopic (exact) mass is 189 g/mol. The second-order valence-corrected chi connectivity index (χ2v) is 4.06. The molecule has 1 heterocycles. The first-order valence-electron chi connectivity index (χ1n) is 4.17. The Labute approximate surface area is 81.8 Å². The number of nitrogen functional groups attached to an aromatic ring is 1. The van der Waals surface area contributed by atoms with E-state index in [0.717, 1.165) is 5.69 Å². The van der Waals surface area contributed by atoms with E-state index < -0.39 is 0 Å². The van der Waals surface area contributed by atoms with Crippen molar-refractivity contribution in [1.82, 2.24) is 0 Å². The summed E-state index contributed by atoms with van der Waals surface area (Å²) in [5.41, 5.74) is 9.03. The number of aryl methyl sites for hydroxylation is 1. The number of anilines is 1. The van der Waals surface area contributed by atoms with Gasteiger partial charge in [-0.05, 0) is 41.6 Å². The summed E-state index contributed by atoms with van der Waals surface area (Å²) in [5.74, 6) is 0. The highest BCUT2D eigenvalue weighted by atomic mass is 32.1. The van der Waals surface area contributed by atoms with Crippen LogP contribution in [0.3, 0.4) is 0 Å². The molecule has 0 unspecified atom stereocenters. The van der Waals surface area contributed by atoms with Crippen LogP contribution in [0, 0.1) is 6.92 Å². The molecule has 2 N–H and O–H groups in total. The Morgan fingerprint density at radius 2 is 2.08 bits per heavy atom. The Morgan fingerprint density at radius 3 is 2.69 bits per heavy atom. The van der Waals surface area contributed by atoms with Crippen molar-refractivity contribution in [2.45, 2.75) is 6.92 Å². The largest absolute Gasteiger partial charge is 0.399 e. The maximum atomic E-state index is 5.77. The lowest BCUT2D eigenvalue weighted by atomic mass is 10.1. The van der Waals surface area contributed by atoms with Gasteiger partial charge in [-0.1, -0.05) is 12.1 Å². The van der Waals surface area contributed by atoms with Gasteiger partial charge in [0.1, 0.15) is 0 Å². The zero-order valence-electron chi connectivity index (χ0n) is 7.45. The molecule has 2 rings (SSSR count). The van der Waals surface area contributed by atoms with E-state index in [-0.39, 0.29) is 0 Å². The third-order valence-electron chi connectivity index (χ3n) is 1.91. The molecule has 0 saturated carbocycles. The van der Waals surface area contributed by atoms with E-state index in [9.17, 15) is 0 Å². The van der Waals surface area contributed by atoms with Crippen molar-refractivity contribution in [3.05, 3.63) is 41.3 Å². The molecule has 0 spiro atoms. The third-order valence-corrected chi connectivity index (χ3v) is 2.82. The lowest BCUT2D eigenvalue weighted by Crippen LogP contribution is -1.86. The minimum atomic E-state index is 0.836. The molecule has 2 heteroatoms. The van der Waals surface area contributed by atoms with Crippen molar-refractivity contribution in [2.75, 3.05) is 5.73 Å². The first kappa shape index (κ1) is 8.32. The van der Waals surface area contributed by atoms with E-state index in [1.165, 1.54) is 16.0 Å². The predicted molar refractivity (Wildman–Crippen MR) is 58.9 cm³/mol. The number of nitrogens with two attached hydrogens (primary N) is 1. The highest BCUT2D eigenvalue weighted by Crippen LogP contribution is 2.27. The minimum absolute atomic E-state index is 0.836. The normalized spacial score (nSPS) is 10.2. The molecular weight excluding hydrogens is 178 g/mol. The topological polar surface area (TPSA) is 26.0 Å². The van der Waals surface area contributed by atoms with Gasteiger partial charge in [-0.3, -0.25) is 0 Å². The molecular formula is C11H11NS. The summed E-state index contributed by atoms with van der Waals surface area (Å²) in [6, 6.07) is 10.3. The van der Waals surface area contributed by atoms with Gasteiger partial charge >= 0.3 is 0 Å². The van der Waals surface area contributed by atoms with Crippen LogP contribution in [0.1, 0.15) is 5.56 Å². The van der Waals surface area contributed by atoms with Gasteiger partial charge in [0.25, 0.3) is 0 Å². The fourth-order valence-corrected chi connectivity index (χ4v) is 2.11. The lowest BCUT2D eigenvalue weighted by Gasteiger charge is -2.01. The van der Waals surface area contributed by atoms with Crippen molar-refractivity contribution in [3.63, 3.8) is 0 Å². The van der Waals surface area contributed by atoms with Crippen LogP contribution in [0.25, 0.3) is 10.4 Å². The number of rotatable bonds is 1. The number of thiophene rings is 1. The van der Waals surface area contributed by atoms with Gasteiger partial charge in [0.2, 0.25) is 0 Å². The Balaban J connectivity index is 2.53. The molecule has 0 atom stereocenters. The lowest BCUT2D eigenvalue weighted by molar-refractivity contribution is 1.48. The molecule has 0 aliphatic heterocycles. The summed E-state index contributed by atoms with van der Waals surface area (Å²) in [6.07, 6.45) is 0. The standard InChI is InChI=1S/C11H11NS/c1-8-5-9(7-10(12)6-8)11-3-2-4-13-11/h2-7H,12H2,1H3. The highest BCUT2D eigenvalue weighted by molar-refractivity contribution is 7.13. The van der Waals surface area contributed by atoms with Crippen LogP contribution in [0.2, 0.25) is 0 Å². The van der Waals surface area contributed by atoms with Gasteiger partial charge in [0.15, 0.2) is 0 Å². The van der Waals surface area contributed by atoms with Crippen LogP contribution < -0.4 is 5.73 Å².